The lowest BCUT2D eigenvalue weighted by molar-refractivity contribution is -0.138. The van der Waals surface area contributed by atoms with Gasteiger partial charge in [0.15, 0.2) is 0 Å². The quantitative estimate of drug-likeness (QED) is 0.784. The molecule has 0 unspecified atom stereocenters. The van der Waals surface area contributed by atoms with Crippen LogP contribution < -0.4 is 5.73 Å². The highest BCUT2D eigenvalue weighted by molar-refractivity contribution is 5.23. The van der Waals surface area contributed by atoms with Crippen LogP contribution in [-0.4, -0.2) is 0 Å². The molecule has 1 aromatic rings. The molecule has 0 saturated carbocycles. The van der Waals surface area contributed by atoms with Crippen molar-refractivity contribution in [2.75, 3.05) is 0 Å². The van der Waals surface area contributed by atoms with E-state index in [1.54, 1.807) is 6.92 Å². The zero-order valence-electron chi connectivity index (χ0n) is 7.06. The zero-order chi connectivity index (χ0) is 10.1. The first-order valence-corrected chi connectivity index (χ1v) is 3.87. The molecule has 74 valence electrons. The summed E-state index contributed by atoms with van der Waals surface area (Å²) in [6, 6.07) is 0.205. The number of alkyl halides is 3. The van der Waals surface area contributed by atoms with E-state index in [4.69, 9.17) is 10.2 Å². The van der Waals surface area contributed by atoms with Crippen LogP contribution in [0.2, 0.25) is 0 Å². The third kappa shape index (κ3) is 2.03. The predicted molar refractivity (Wildman–Crippen MR) is 40.9 cm³/mol. The van der Waals surface area contributed by atoms with Gasteiger partial charge in [0.1, 0.15) is 5.76 Å². The third-order valence-electron chi connectivity index (χ3n) is 1.78. The average Bonchev–Trinajstić information content (AvgIpc) is 2.49. The van der Waals surface area contributed by atoms with Crippen molar-refractivity contribution in [1.82, 2.24) is 0 Å². The van der Waals surface area contributed by atoms with Crippen molar-refractivity contribution in [2.24, 2.45) is 5.73 Å². The first-order valence-electron chi connectivity index (χ1n) is 3.87. The molecule has 0 spiro atoms. The van der Waals surface area contributed by atoms with Gasteiger partial charge in [0, 0.05) is 0 Å². The minimum absolute atomic E-state index is 0.185. The fourth-order valence-electron chi connectivity index (χ4n) is 1.03. The number of rotatable bonds is 2. The molecule has 0 aliphatic rings. The summed E-state index contributed by atoms with van der Waals surface area (Å²) in [5.41, 5.74) is 4.67. The first kappa shape index (κ1) is 10.1. The molecule has 0 bridgehead atoms. The van der Waals surface area contributed by atoms with E-state index >= 15 is 0 Å². The molecule has 2 N–H and O–H groups in total. The molecule has 1 aromatic heterocycles. The summed E-state index contributed by atoms with van der Waals surface area (Å²) >= 11 is 0. The number of hydrogen-bond acceptors (Lipinski definition) is 2. The molecular formula is C8H10F3NO. The van der Waals surface area contributed by atoms with E-state index in [0.29, 0.717) is 6.42 Å². The van der Waals surface area contributed by atoms with Crippen LogP contribution in [0, 0.1) is 0 Å². The number of halogens is 3. The zero-order valence-corrected chi connectivity index (χ0v) is 7.06. The summed E-state index contributed by atoms with van der Waals surface area (Å²) in [6.45, 7) is 1.70. The van der Waals surface area contributed by atoms with Gasteiger partial charge in [-0.2, -0.15) is 13.2 Å². The second kappa shape index (κ2) is 3.41. The standard InChI is InChI=1S/C8H10F3NO/c1-2-6(12)7-5(3-4-13-7)8(9,10)11/h3-4,6H,2,12H2,1H3/t6-/m1/s1. The van der Waals surface area contributed by atoms with Gasteiger partial charge in [-0.15, -0.1) is 0 Å². The van der Waals surface area contributed by atoms with Crippen LogP contribution in [0.4, 0.5) is 13.2 Å². The van der Waals surface area contributed by atoms with Crippen LogP contribution in [-0.2, 0) is 6.18 Å². The van der Waals surface area contributed by atoms with Crippen molar-refractivity contribution in [2.45, 2.75) is 25.6 Å². The Morgan fingerprint density at radius 3 is 2.62 bits per heavy atom. The van der Waals surface area contributed by atoms with E-state index in [1.807, 2.05) is 0 Å². The molecule has 1 rings (SSSR count). The van der Waals surface area contributed by atoms with Gasteiger partial charge < -0.3 is 10.2 Å². The lowest BCUT2D eigenvalue weighted by Gasteiger charge is -2.10. The Kier molecular flexibility index (Phi) is 2.66. The molecular weight excluding hydrogens is 183 g/mol. The SMILES string of the molecule is CC[C@@H](N)c1occc1C(F)(F)F. The lowest BCUT2D eigenvalue weighted by Crippen LogP contribution is -2.14. The van der Waals surface area contributed by atoms with Crippen molar-refractivity contribution >= 4 is 0 Å². The van der Waals surface area contributed by atoms with Crippen LogP contribution >= 0.6 is 0 Å². The van der Waals surface area contributed by atoms with E-state index in [-0.39, 0.29) is 5.76 Å². The van der Waals surface area contributed by atoms with Gasteiger partial charge in [0.25, 0.3) is 0 Å². The number of furan rings is 1. The van der Waals surface area contributed by atoms with Crippen molar-refractivity contribution < 1.29 is 17.6 Å². The fourth-order valence-corrected chi connectivity index (χ4v) is 1.03. The van der Waals surface area contributed by atoms with E-state index in [1.165, 1.54) is 0 Å². The highest BCUT2D eigenvalue weighted by atomic mass is 19.4. The molecule has 1 heterocycles. The predicted octanol–water partition coefficient (Wildman–Crippen LogP) is 2.71. The van der Waals surface area contributed by atoms with Gasteiger partial charge in [-0.25, -0.2) is 0 Å². The number of hydrogen-bond donors (Lipinski definition) is 1. The maximum Gasteiger partial charge on any atom is 0.419 e. The van der Waals surface area contributed by atoms with Crippen molar-refractivity contribution in [3.63, 3.8) is 0 Å². The molecule has 1 atom stereocenters. The van der Waals surface area contributed by atoms with Crippen LogP contribution in [0.3, 0.4) is 0 Å². The van der Waals surface area contributed by atoms with Gasteiger partial charge in [-0.3, -0.25) is 0 Å². The topological polar surface area (TPSA) is 39.2 Å². The average molecular weight is 193 g/mol. The highest BCUT2D eigenvalue weighted by Crippen LogP contribution is 2.35. The summed E-state index contributed by atoms with van der Waals surface area (Å²) in [7, 11) is 0. The Morgan fingerprint density at radius 2 is 2.15 bits per heavy atom. The normalized spacial score (nSPS) is 14.5. The molecule has 13 heavy (non-hydrogen) atoms. The van der Waals surface area contributed by atoms with Gasteiger partial charge >= 0.3 is 6.18 Å². The molecule has 2 nitrogen and oxygen atoms in total. The smallest absolute Gasteiger partial charge is 0.419 e. The van der Waals surface area contributed by atoms with E-state index in [0.717, 1.165) is 12.3 Å². The lowest BCUT2D eigenvalue weighted by atomic mass is 10.1. The van der Waals surface area contributed by atoms with Crippen molar-refractivity contribution in [3.8, 4) is 0 Å². The molecule has 0 aromatic carbocycles. The molecule has 5 heteroatoms. The number of nitrogens with two attached hydrogens (primary N) is 1. The van der Waals surface area contributed by atoms with Crippen LogP contribution in [0.1, 0.15) is 30.7 Å². The molecule has 0 amide bonds. The van der Waals surface area contributed by atoms with Crippen molar-refractivity contribution in [3.05, 3.63) is 23.7 Å². The Balaban J connectivity index is 3.03. The second-order valence-electron chi connectivity index (χ2n) is 2.71. The first-order chi connectivity index (χ1) is 5.96. The summed E-state index contributed by atoms with van der Waals surface area (Å²) in [6.07, 6.45) is -2.96. The second-order valence-corrected chi connectivity index (χ2v) is 2.71. The maximum atomic E-state index is 12.3. The van der Waals surface area contributed by atoms with Crippen LogP contribution in [0.15, 0.2) is 16.7 Å². The van der Waals surface area contributed by atoms with Gasteiger partial charge in [-0.1, -0.05) is 6.92 Å². The molecule has 0 aliphatic heterocycles. The van der Waals surface area contributed by atoms with Crippen LogP contribution in [0.5, 0.6) is 0 Å². The highest BCUT2D eigenvalue weighted by Gasteiger charge is 2.36. The summed E-state index contributed by atoms with van der Waals surface area (Å²) in [4.78, 5) is 0. The van der Waals surface area contributed by atoms with Gasteiger partial charge in [-0.05, 0) is 12.5 Å². The van der Waals surface area contributed by atoms with E-state index < -0.39 is 17.8 Å². The fraction of sp³-hybridized carbons (Fsp3) is 0.500. The minimum Gasteiger partial charge on any atom is -0.467 e. The Bertz CT molecular complexity index is 279. The van der Waals surface area contributed by atoms with Crippen molar-refractivity contribution in [1.29, 1.82) is 0 Å². The minimum atomic E-state index is -4.38. The Labute approximate surface area is 73.5 Å². The molecule has 0 radical (unpaired) electrons. The monoisotopic (exact) mass is 193 g/mol. The molecule has 0 fully saturated rings. The summed E-state index contributed by atoms with van der Waals surface area (Å²) < 4.78 is 41.5. The van der Waals surface area contributed by atoms with Gasteiger partial charge in [0.05, 0.1) is 17.9 Å². The Hall–Kier alpha value is -0.970. The van der Waals surface area contributed by atoms with Crippen LogP contribution in [0.25, 0.3) is 0 Å². The largest absolute Gasteiger partial charge is 0.467 e. The third-order valence-corrected chi connectivity index (χ3v) is 1.78. The van der Waals surface area contributed by atoms with E-state index in [2.05, 4.69) is 0 Å². The molecule has 0 saturated heterocycles. The maximum absolute atomic E-state index is 12.3. The Morgan fingerprint density at radius 1 is 1.54 bits per heavy atom. The summed E-state index contributed by atoms with van der Waals surface area (Å²) in [5.74, 6) is -0.185. The van der Waals surface area contributed by atoms with E-state index in [9.17, 15) is 13.2 Å². The summed E-state index contributed by atoms with van der Waals surface area (Å²) in [5, 5.41) is 0. The van der Waals surface area contributed by atoms with Gasteiger partial charge in [0.2, 0.25) is 0 Å². The molecule has 0 aliphatic carbocycles.